The predicted octanol–water partition coefficient (Wildman–Crippen LogP) is 4.00. The molecule has 126 valence electrons. The highest BCUT2D eigenvalue weighted by Crippen LogP contribution is 2.67. The van der Waals surface area contributed by atoms with Crippen molar-refractivity contribution in [2.75, 3.05) is 6.61 Å². The Morgan fingerprint density at radius 1 is 0.864 bits per heavy atom. The molecule has 0 heterocycles. The molecular weight excluding hydrogens is 272 g/mol. The lowest BCUT2D eigenvalue weighted by atomic mass is 9.44. The molecule has 2 N–H and O–H groups in total. The zero-order chi connectivity index (χ0) is 15.5. The summed E-state index contributed by atoms with van der Waals surface area (Å²) in [5.41, 5.74) is 0.897. The van der Waals surface area contributed by atoms with Crippen molar-refractivity contribution in [1.29, 1.82) is 0 Å². The maximum absolute atomic E-state index is 10.1. The average Bonchev–Trinajstić information content (AvgIpc) is 2.84. The molecule has 4 rings (SSSR count). The van der Waals surface area contributed by atoms with Gasteiger partial charge in [-0.15, -0.1) is 0 Å². The van der Waals surface area contributed by atoms with Crippen LogP contribution in [0.4, 0.5) is 0 Å². The molecule has 0 spiro atoms. The minimum atomic E-state index is -0.0336. The highest BCUT2D eigenvalue weighted by atomic mass is 16.3. The number of fused-ring (bicyclic) bond motifs is 5. The Hall–Kier alpha value is -0.0800. The topological polar surface area (TPSA) is 40.5 Å². The van der Waals surface area contributed by atoms with Crippen molar-refractivity contribution in [3.63, 3.8) is 0 Å². The van der Waals surface area contributed by atoms with Gasteiger partial charge in [0, 0.05) is 6.61 Å². The van der Waals surface area contributed by atoms with E-state index in [9.17, 15) is 10.2 Å². The zero-order valence-electron chi connectivity index (χ0n) is 14.4. The Balaban J connectivity index is 1.61. The predicted molar refractivity (Wildman–Crippen MR) is 88.3 cm³/mol. The van der Waals surface area contributed by atoms with E-state index in [-0.39, 0.29) is 6.10 Å². The summed E-state index contributed by atoms with van der Waals surface area (Å²) in [4.78, 5) is 0. The van der Waals surface area contributed by atoms with Crippen molar-refractivity contribution < 1.29 is 10.2 Å². The lowest BCUT2D eigenvalue weighted by molar-refractivity contribution is -0.128. The van der Waals surface area contributed by atoms with E-state index in [1.807, 2.05) is 0 Å². The van der Waals surface area contributed by atoms with Crippen LogP contribution in [0.2, 0.25) is 0 Å². The molecular formula is C20H34O2. The second-order valence-electron chi connectivity index (χ2n) is 9.59. The van der Waals surface area contributed by atoms with Gasteiger partial charge in [-0.25, -0.2) is 0 Å². The van der Waals surface area contributed by atoms with Gasteiger partial charge in [0.1, 0.15) is 0 Å². The third kappa shape index (κ3) is 1.99. The van der Waals surface area contributed by atoms with E-state index < -0.39 is 0 Å². The third-order valence-corrected chi connectivity index (χ3v) is 9.05. The molecule has 8 atom stereocenters. The van der Waals surface area contributed by atoms with E-state index in [1.54, 1.807) is 0 Å². The van der Waals surface area contributed by atoms with Gasteiger partial charge in [-0.2, -0.15) is 0 Å². The third-order valence-electron chi connectivity index (χ3n) is 9.05. The lowest BCUT2D eigenvalue weighted by Gasteiger charge is -2.61. The van der Waals surface area contributed by atoms with Crippen molar-refractivity contribution in [2.24, 2.45) is 40.4 Å². The van der Waals surface area contributed by atoms with E-state index in [0.29, 0.717) is 23.4 Å². The van der Waals surface area contributed by atoms with E-state index in [2.05, 4.69) is 13.8 Å². The first-order valence-electron chi connectivity index (χ1n) is 9.78. The molecule has 0 amide bonds. The number of rotatable bonds is 1. The summed E-state index contributed by atoms with van der Waals surface area (Å²) in [6.45, 7) is 5.44. The Labute approximate surface area is 135 Å². The highest BCUT2D eigenvalue weighted by Gasteiger charge is 2.59. The molecule has 0 aromatic heterocycles. The summed E-state index contributed by atoms with van der Waals surface area (Å²) < 4.78 is 0. The van der Waals surface area contributed by atoms with E-state index in [0.717, 1.165) is 36.5 Å². The molecule has 2 nitrogen and oxygen atoms in total. The van der Waals surface area contributed by atoms with Crippen molar-refractivity contribution in [3.8, 4) is 0 Å². The van der Waals surface area contributed by atoms with Crippen molar-refractivity contribution in [2.45, 2.75) is 77.7 Å². The summed E-state index contributed by atoms with van der Waals surface area (Å²) in [6.07, 6.45) is 11.3. The van der Waals surface area contributed by atoms with Gasteiger partial charge >= 0.3 is 0 Å². The standard InChI is InChI=1S/C20H34O2/c1-19-9-7-15(22)11-13(19)3-5-16-17-6-4-14(12-21)20(17,2)10-8-18(16)19/h13-18,21-22H,3-12H2,1-2H3/t13?,14?,15?,16-,17-,18+,19-,20+/m0/s1. The van der Waals surface area contributed by atoms with Crippen LogP contribution in [0.3, 0.4) is 0 Å². The quantitative estimate of drug-likeness (QED) is 0.769. The highest BCUT2D eigenvalue weighted by molar-refractivity contribution is 5.09. The fourth-order valence-corrected chi connectivity index (χ4v) is 7.64. The lowest BCUT2D eigenvalue weighted by Crippen LogP contribution is -2.54. The molecule has 4 aliphatic rings. The minimum absolute atomic E-state index is 0.0336. The van der Waals surface area contributed by atoms with Crippen LogP contribution in [-0.2, 0) is 0 Å². The van der Waals surface area contributed by atoms with Crippen molar-refractivity contribution in [1.82, 2.24) is 0 Å². The summed E-state index contributed by atoms with van der Waals surface area (Å²) in [5.74, 6) is 3.95. The first kappa shape index (κ1) is 15.4. The first-order chi connectivity index (χ1) is 10.5. The van der Waals surface area contributed by atoms with Gasteiger partial charge in [0.25, 0.3) is 0 Å². The van der Waals surface area contributed by atoms with Crippen LogP contribution in [0.5, 0.6) is 0 Å². The molecule has 0 aromatic rings. The maximum Gasteiger partial charge on any atom is 0.0543 e. The summed E-state index contributed by atoms with van der Waals surface area (Å²) in [5, 5.41) is 19.9. The van der Waals surface area contributed by atoms with Gasteiger partial charge in [-0.1, -0.05) is 13.8 Å². The number of hydrogen-bond acceptors (Lipinski definition) is 2. The summed E-state index contributed by atoms with van der Waals surface area (Å²) in [7, 11) is 0. The van der Waals surface area contributed by atoms with Crippen LogP contribution in [-0.4, -0.2) is 22.9 Å². The van der Waals surface area contributed by atoms with Crippen LogP contribution in [0.15, 0.2) is 0 Å². The molecule has 0 saturated heterocycles. The van der Waals surface area contributed by atoms with Crippen LogP contribution in [0, 0.1) is 40.4 Å². The van der Waals surface area contributed by atoms with Crippen LogP contribution in [0.1, 0.15) is 71.6 Å². The molecule has 0 bridgehead atoms. The number of aliphatic hydroxyl groups excluding tert-OH is 2. The van der Waals surface area contributed by atoms with Crippen molar-refractivity contribution >= 4 is 0 Å². The van der Waals surface area contributed by atoms with E-state index in [1.165, 1.54) is 44.9 Å². The van der Waals surface area contributed by atoms with Crippen molar-refractivity contribution in [3.05, 3.63) is 0 Å². The monoisotopic (exact) mass is 306 g/mol. The van der Waals surface area contributed by atoms with Crippen LogP contribution < -0.4 is 0 Å². The summed E-state index contributed by atoms with van der Waals surface area (Å²) in [6, 6.07) is 0. The molecule has 4 aliphatic carbocycles. The van der Waals surface area contributed by atoms with Gasteiger partial charge in [-0.05, 0) is 98.2 Å². The van der Waals surface area contributed by atoms with Crippen LogP contribution >= 0.6 is 0 Å². The number of hydrogen-bond donors (Lipinski definition) is 2. The fraction of sp³-hybridized carbons (Fsp3) is 1.00. The molecule has 4 fully saturated rings. The van der Waals surface area contributed by atoms with Gasteiger partial charge in [0.05, 0.1) is 6.10 Å². The molecule has 3 unspecified atom stereocenters. The summed E-state index contributed by atoms with van der Waals surface area (Å²) >= 11 is 0. The van der Waals surface area contributed by atoms with Gasteiger partial charge < -0.3 is 10.2 Å². The smallest absolute Gasteiger partial charge is 0.0543 e. The Bertz CT molecular complexity index is 435. The van der Waals surface area contributed by atoms with E-state index in [4.69, 9.17) is 0 Å². The minimum Gasteiger partial charge on any atom is -0.396 e. The Morgan fingerprint density at radius 2 is 1.59 bits per heavy atom. The number of aliphatic hydroxyl groups is 2. The maximum atomic E-state index is 10.1. The van der Waals surface area contributed by atoms with Gasteiger partial charge in [-0.3, -0.25) is 0 Å². The van der Waals surface area contributed by atoms with Gasteiger partial charge in [0.15, 0.2) is 0 Å². The fourth-order valence-electron chi connectivity index (χ4n) is 7.64. The molecule has 0 aromatic carbocycles. The van der Waals surface area contributed by atoms with Gasteiger partial charge in [0.2, 0.25) is 0 Å². The molecule has 22 heavy (non-hydrogen) atoms. The van der Waals surface area contributed by atoms with Crippen LogP contribution in [0.25, 0.3) is 0 Å². The largest absolute Gasteiger partial charge is 0.396 e. The molecule has 2 heteroatoms. The normalized spacial score (nSPS) is 57.8. The Kier molecular flexibility index (Phi) is 3.66. The SMILES string of the molecule is C[C@]12CCC(O)CC1CC[C@@H]1[C@H]2CC[C@]2(C)C(CO)CC[C@@H]12. The Morgan fingerprint density at radius 3 is 2.36 bits per heavy atom. The average molecular weight is 306 g/mol. The molecule has 4 saturated carbocycles. The first-order valence-corrected chi connectivity index (χ1v) is 9.78. The second kappa shape index (κ2) is 5.21. The van der Waals surface area contributed by atoms with E-state index >= 15 is 0 Å². The zero-order valence-corrected chi connectivity index (χ0v) is 14.4. The molecule has 0 radical (unpaired) electrons. The second-order valence-corrected chi connectivity index (χ2v) is 9.59. The molecule has 0 aliphatic heterocycles.